The Balaban J connectivity index is 3.48. The second-order valence-corrected chi connectivity index (χ2v) is 4.15. The molecule has 0 amide bonds. The van der Waals surface area contributed by atoms with Gasteiger partial charge in [-0.2, -0.15) is 13.1 Å². The summed E-state index contributed by atoms with van der Waals surface area (Å²) in [5, 5.41) is 10.9. The van der Waals surface area contributed by atoms with E-state index in [1.165, 1.54) is 14.1 Å². The Bertz CT molecular complexity index is 221. The van der Waals surface area contributed by atoms with E-state index in [4.69, 9.17) is 0 Å². The van der Waals surface area contributed by atoms with Crippen molar-refractivity contribution in [3.8, 4) is 0 Å². The third kappa shape index (κ3) is 9.76. The lowest BCUT2D eigenvalue weighted by molar-refractivity contribution is -0.840. The Morgan fingerprint density at radius 1 is 1.50 bits per heavy atom. The first kappa shape index (κ1) is 11.8. The highest BCUT2D eigenvalue weighted by atomic mass is 32.3. The van der Waals surface area contributed by atoms with Crippen molar-refractivity contribution in [2.45, 2.75) is 6.42 Å². The SMILES string of the molecule is C[N+](C)([O-])CCCNS(=O)(=O)F. The molecule has 0 unspecified atom stereocenters. The van der Waals surface area contributed by atoms with E-state index in [2.05, 4.69) is 0 Å². The molecule has 0 saturated heterocycles. The first-order valence-electron chi connectivity index (χ1n) is 3.44. The molecule has 1 N–H and O–H groups in total. The van der Waals surface area contributed by atoms with Crippen molar-refractivity contribution in [1.82, 2.24) is 4.72 Å². The van der Waals surface area contributed by atoms with E-state index in [1.807, 2.05) is 0 Å². The van der Waals surface area contributed by atoms with Crippen molar-refractivity contribution in [3.63, 3.8) is 0 Å². The molecule has 7 heteroatoms. The average Bonchev–Trinajstić information content (AvgIpc) is 1.76. The van der Waals surface area contributed by atoms with E-state index < -0.39 is 15.1 Å². The van der Waals surface area contributed by atoms with Gasteiger partial charge in [0.15, 0.2) is 0 Å². The van der Waals surface area contributed by atoms with Crippen LogP contribution in [-0.2, 0) is 10.4 Å². The minimum absolute atomic E-state index is 0.0389. The second kappa shape index (κ2) is 4.13. The molecule has 0 radical (unpaired) electrons. The van der Waals surface area contributed by atoms with Crippen molar-refractivity contribution < 1.29 is 16.9 Å². The van der Waals surface area contributed by atoms with Gasteiger partial charge in [0, 0.05) is 13.0 Å². The van der Waals surface area contributed by atoms with Gasteiger partial charge in [-0.1, -0.05) is 3.89 Å². The Kier molecular flexibility index (Phi) is 4.04. The molecule has 0 aliphatic heterocycles. The van der Waals surface area contributed by atoms with E-state index >= 15 is 0 Å². The van der Waals surface area contributed by atoms with E-state index in [0.29, 0.717) is 6.42 Å². The van der Waals surface area contributed by atoms with E-state index in [-0.39, 0.29) is 13.1 Å². The van der Waals surface area contributed by atoms with Crippen molar-refractivity contribution >= 4 is 10.4 Å². The maximum Gasteiger partial charge on any atom is 0.372 e. The Hall–Kier alpha value is -0.240. The molecular formula is C5H13FN2O3S. The molecule has 0 atom stereocenters. The summed E-state index contributed by atoms with van der Waals surface area (Å²) in [7, 11) is -1.73. The Labute approximate surface area is 71.7 Å². The molecule has 0 bridgehead atoms. The van der Waals surface area contributed by atoms with Gasteiger partial charge in [0.2, 0.25) is 0 Å². The van der Waals surface area contributed by atoms with Crippen LogP contribution in [0.4, 0.5) is 3.89 Å². The summed E-state index contributed by atoms with van der Waals surface area (Å²) in [5.74, 6) is 0. The summed E-state index contributed by atoms with van der Waals surface area (Å²) in [5.41, 5.74) is 0. The minimum Gasteiger partial charge on any atom is -0.633 e. The number of halogens is 1. The molecule has 0 aromatic heterocycles. The number of nitrogens with zero attached hydrogens (tertiary/aromatic N) is 1. The highest BCUT2D eigenvalue weighted by Gasteiger charge is 2.06. The third-order valence-electron chi connectivity index (χ3n) is 1.15. The zero-order valence-corrected chi connectivity index (χ0v) is 7.90. The van der Waals surface area contributed by atoms with Gasteiger partial charge >= 0.3 is 10.4 Å². The van der Waals surface area contributed by atoms with Crippen molar-refractivity contribution in [2.75, 3.05) is 27.2 Å². The fourth-order valence-electron chi connectivity index (χ4n) is 0.654. The molecule has 0 saturated carbocycles. The van der Waals surface area contributed by atoms with Gasteiger partial charge in [-0.3, -0.25) is 0 Å². The van der Waals surface area contributed by atoms with Crippen molar-refractivity contribution in [3.05, 3.63) is 5.21 Å². The zero-order chi connectivity index (χ0) is 9.83. The smallest absolute Gasteiger partial charge is 0.372 e. The van der Waals surface area contributed by atoms with Crippen molar-refractivity contribution in [2.24, 2.45) is 0 Å². The van der Waals surface area contributed by atoms with Gasteiger partial charge in [0.25, 0.3) is 0 Å². The van der Waals surface area contributed by atoms with Crippen LogP contribution >= 0.6 is 0 Å². The fraction of sp³-hybridized carbons (Fsp3) is 1.00. The van der Waals surface area contributed by atoms with Crippen LogP contribution in [0.1, 0.15) is 6.42 Å². The van der Waals surface area contributed by atoms with Crippen LogP contribution in [0.25, 0.3) is 0 Å². The highest BCUT2D eigenvalue weighted by molar-refractivity contribution is 7.84. The van der Waals surface area contributed by atoms with Crippen LogP contribution in [0, 0.1) is 5.21 Å². The number of quaternary nitrogens is 1. The fourth-order valence-corrected chi connectivity index (χ4v) is 1.04. The molecular weight excluding hydrogens is 187 g/mol. The van der Waals surface area contributed by atoms with Crippen LogP contribution in [-0.4, -0.2) is 40.2 Å². The number of nitrogens with one attached hydrogen (secondary N) is 1. The van der Waals surface area contributed by atoms with Crippen LogP contribution in [0.5, 0.6) is 0 Å². The third-order valence-corrected chi connectivity index (χ3v) is 1.70. The molecule has 5 nitrogen and oxygen atoms in total. The predicted molar refractivity (Wildman–Crippen MR) is 43.0 cm³/mol. The summed E-state index contributed by atoms with van der Waals surface area (Å²) < 4.78 is 32.7. The largest absolute Gasteiger partial charge is 0.633 e. The molecule has 0 aliphatic rings. The predicted octanol–water partition coefficient (Wildman–Crippen LogP) is -0.245. The second-order valence-electron chi connectivity index (χ2n) is 2.98. The van der Waals surface area contributed by atoms with Crippen LogP contribution < -0.4 is 4.72 Å². The molecule has 74 valence electrons. The Morgan fingerprint density at radius 3 is 2.33 bits per heavy atom. The zero-order valence-electron chi connectivity index (χ0n) is 7.08. The average molecular weight is 200 g/mol. The van der Waals surface area contributed by atoms with Crippen LogP contribution in [0.3, 0.4) is 0 Å². The van der Waals surface area contributed by atoms with Crippen LogP contribution in [0.15, 0.2) is 0 Å². The molecule has 0 aliphatic carbocycles. The molecule has 0 aromatic carbocycles. The molecule has 0 spiro atoms. The van der Waals surface area contributed by atoms with Gasteiger partial charge in [-0.05, 0) is 0 Å². The summed E-state index contributed by atoms with van der Waals surface area (Å²) >= 11 is 0. The summed E-state index contributed by atoms with van der Waals surface area (Å²) in [6.07, 6.45) is 0.319. The number of hydrogen-bond acceptors (Lipinski definition) is 3. The quantitative estimate of drug-likeness (QED) is 0.288. The molecule has 0 aromatic rings. The lowest BCUT2D eigenvalue weighted by Gasteiger charge is -2.33. The van der Waals surface area contributed by atoms with Gasteiger partial charge < -0.3 is 9.85 Å². The first-order valence-corrected chi connectivity index (χ1v) is 4.82. The molecule has 0 fully saturated rings. The number of hydroxylamine groups is 3. The van der Waals surface area contributed by atoms with E-state index in [0.717, 1.165) is 0 Å². The maximum atomic E-state index is 11.8. The molecule has 0 heterocycles. The van der Waals surface area contributed by atoms with Crippen LogP contribution in [0.2, 0.25) is 0 Å². The van der Waals surface area contributed by atoms with E-state index in [1.54, 1.807) is 4.72 Å². The lowest BCUT2D eigenvalue weighted by Crippen LogP contribution is -2.35. The number of rotatable bonds is 5. The standard InChI is InChI=1S/C5H13FN2O3S/c1-8(2,9)5-3-4-7-12(6,10)11/h7H,3-5H2,1-2H3. The maximum absolute atomic E-state index is 11.8. The van der Waals surface area contributed by atoms with Gasteiger partial charge in [0.05, 0.1) is 20.6 Å². The topological polar surface area (TPSA) is 69.2 Å². The van der Waals surface area contributed by atoms with Crippen molar-refractivity contribution in [1.29, 1.82) is 0 Å². The molecule has 0 rings (SSSR count). The summed E-state index contributed by atoms with van der Waals surface area (Å²) in [6, 6.07) is 0. The lowest BCUT2D eigenvalue weighted by atomic mass is 10.4. The Morgan fingerprint density at radius 2 is 2.00 bits per heavy atom. The van der Waals surface area contributed by atoms with Gasteiger partial charge in [-0.25, -0.2) is 0 Å². The minimum atomic E-state index is -4.60. The highest BCUT2D eigenvalue weighted by Crippen LogP contribution is 1.94. The van der Waals surface area contributed by atoms with Gasteiger partial charge in [0.1, 0.15) is 0 Å². The normalized spacial score (nSPS) is 13.3. The summed E-state index contributed by atoms with van der Waals surface area (Å²) in [6.45, 7) is 0.214. The first-order chi connectivity index (χ1) is 5.21. The van der Waals surface area contributed by atoms with Gasteiger partial charge in [-0.15, -0.1) is 0 Å². The monoisotopic (exact) mass is 200 g/mol. The number of hydrogen-bond donors (Lipinski definition) is 1. The van der Waals surface area contributed by atoms with E-state index in [9.17, 15) is 17.5 Å². The summed E-state index contributed by atoms with van der Waals surface area (Å²) in [4.78, 5) is 0. The molecule has 12 heavy (non-hydrogen) atoms.